The highest BCUT2D eigenvalue weighted by Crippen LogP contribution is 2.28. The van der Waals surface area contributed by atoms with E-state index in [1.807, 2.05) is 11.5 Å². The molecule has 0 aromatic carbocycles. The molecular formula is C12H20N5O4+. The van der Waals surface area contributed by atoms with Gasteiger partial charge in [-0.15, -0.1) is 0 Å². The van der Waals surface area contributed by atoms with Crippen LogP contribution in [0.1, 0.15) is 13.3 Å². The number of hydrogen-bond donors (Lipinski definition) is 4. The van der Waals surface area contributed by atoms with Crippen molar-refractivity contribution in [2.24, 2.45) is 10.7 Å². The Balaban J connectivity index is 1.87. The molecule has 3 unspecified atom stereocenters. The van der Waals surface area contributed by atoms with Gasteiger partial charge in [0.1, 0.15) is 6.10 Å². The molecule has 3 aliphatic rings. The van der Waals surface area contributed by atoms with Crippen molar-refractivity contribution in [2.45, 2.75) is 44.0 Å². The summed E-state index contributed by atoms with van der Waals surface area (Å²) in [6, 6.07) is -0.462. The molecule has 9 heteroatoms. The van der Waals surface area contributed by atoms with Crippen molar-refractivity contribution in [3.05, 3.63) is 0 Å². The third kappa shape index (κ3) is 2.27. The minimum atomic E-state index is -0.735. The van der Waals surface area contributed by atoms with Crippen molar-refractivity contribution >= 4 is 18.2 Å². The molecule has 1 saturated heterocycles. The van der Waals surface area contributed by atoms with Crippen LogP contribution in [0.3, 0.4) is 0 Å². The summed E-state index contributed by atoms with van der Waals surface area (Å²) in [4.78, 5) is 18.2. The maximum Gasteiger partial charge on any atom is 0.278 e. The summed E-state index contributed by atoms with van der Waals surface area (Å²) in [7, 11) is 0. The number of ether oxygens (including phenoxy) is 1. The number of nitrogens with two attached hydrogens (primary N) is 1. The van der Waals surface area contributed by atoms with Crippen molar-refractivity contribution in [1.29, 1.82) is 0 Å². The number of aliphatic imine (C=N–C) groups is 1. The molecule has 5 atom stereocenters. The van der Waals surface area contributed by atoms with Gasteiger partial charge in [-0.1, -0.05) is 0 Å². The summed E-state index contributed by atoms with van der Waals surface area (Å²) in [6.45, 7) is 2.33. The zero-order valence-corrected chi connectivity index (χ0v) is 11.7. The van der Waals surface area contributed by atoms with E-state index in [0.717, 1.165) is 0 Å². The van der Waals surface area contributed by atoms with Crippen molar-refractivity contribution in [2.75, 3.05) is 13.2 Å². The molecule has 3 heterocycles. The third-order valence-electron chi connectivity index (χ3n) is 4.10. The van der Waals surface area contributed by atoms with Gasteiger partial charge in [-0.05, 0) is 6.92 Å². The number of rotatable bonds is 3. The second kappa shape index (κ2) is 5.24. The van der Waals surface area contributed by atoms with Crippen molar-refractivity contribution in [1.82, 2.24) is 10.2 Å². The van der Waals surface area contributed by atoms with E-state index >= 15 is 0 Å². The molecule has 5 N–H and O–H groups in total. The number of nitrogens with one attached hydrogen (secondary N) is 1. The standard InChI is InChI=1S/C12H19N5O4/c1-2-16-5-17(8-3-6(19)7(4-18)21-8)10-9(16)11(20)15-12(13)14-10/h5-10,18-19H,2-4H2,1H3,(H2-,13,14,15,20)/p+1/t6?,7-,8-,9?,10?/m1/s1. The number of carbonyl (C=O) groups excluding carboxylic acids is 1. The van der Waals surface area contributed by atoms with Gasteiger partial charge in [0.15, 0.2) is 5.96 Å². The first kappa shape index (κ1) is 14.2. The number of fused-ring (bicyclic) bond motifs is 1. The molecule has 0 bridgehead atoms. The Kier molecular flexibility index (Phi) is 3.56. The summed E-state index contributed by atoms with van der Waals surface area (Å²) in [5, 5.41) is 21.6. The van der Waals surface area contributed by atoms with Gasteiger partial charge in [-0.3, -0.25) is 14.7 Å². The summed E-state index contributed by atoms with van der Waals surface area (Å²) >= 11 is 0. The molecular weight excluding hydrogens is 278 g/mol. The van der Waals surface area contributed by atoms with Gasteiger partial charge in [-0.25, -0.2) is 9.89 Å². The lowest BCUT2D eigenvalue weighted by atomic mass is 10.1. The minimum Gasteiger partial charge on any atom is -0.394 e. The number of likely N-dealkylation sites (N-methyl/N-ethyl adjacent to an activating group) is 1. The fourth-order valence-electron chi connectivity index (χ4n) is 3.03. The van der Waals surface area contributed by atoms with E-state index in [2.05, 4.69) is 10.3 Å². The van der Waals surface area contributed by atoms with Crippen LogP contribution in [-0.2, 0) is 9.53 Å². The number of nitrogens with zero attached hydrogens (tertiary/aromatic N) is 3. The Morgan fingerprint density at radius 2 is 2.43 bits per heavy atom. The number of amides is 1. The molecule has 1 fully saturated rings. The average molecular weight is 298 g/mol. The number of guanidine groups is 1. The zero-order valence-electron chi connectivity index (χ0n) is 11.7. The van der Waals surface area contributed by atoms with Crippen molar-refractivity contribution in [3.8, 4) is 0 Å². The number of aliphatic hydroxyl groups excluding tert-OH is 2. The molecule has 3 aliphatic heterocycles. The van der Waals surface area contributed by atoms with E-state index in [1.165, 1.54) is 0 Å². The first-order valence-corrected chi connectivity index (χ1v) is 7.01. The smallest absolute Gasteiger partial charge is 0.278 e. The first-order chi connectivity index (χ1) is 10.0. The Morgan fingerprint density at radius 3 is 3.05 bits per heavy atom. The largest absolute Gasteiger partial charge is 0.394 e. The average Bonchev–Trinajstić information content (AvgIpc) is 2.98. The number of aliphatic hydroxyl groups is 2. The molecule has 21 heavy (non-hydrogen) atoms. The molecule has 3 rings (SSSR count). The lowest BCUT2D eigenvalue weighted by molar-refractivity contribution is -0.539. The Hall–Kier alpha value is -1.71. The second-order valence-corrected chi connectivity index (χ2v) is 5.37. The molecule has 0 saturated carbocycles. The zero-order chi connectivity index (χ0) is 15.1. The molecule has 0 aromatic rings. The highest BCUT2D eigenvalue weighted by Gasteiger charge is 2.53. The van der Waals surface area contributed by atoms with Gasteiger partial charge in [0.05, 0.1) is 19.3 Å². The Labute approximate surface area is 121 Å². The van der Waals surface area contributed by atoms with E-state index in [0.29, 0.717) is 13.0 Å². The van der Waals surface area contributed by atoms with Crippen LogP contribution < -0.4 is 11.1 Å². The highest BCUT2D eigenvalue weighted by atomic mass is 16.5. The molecule has 0 spiro atoms. The molecule has 9 nitrogen and oxygen atoms in total. The minimum absolute atomic E-state index is 0.0786. The SMILES string of the molecule is CC[N+]1=CN([C@H]2CC(O)[C@@H](CO)O2)C2N=C(N)NC(=O)C21. The van der Waals surface area contributed by atoms with E-state index in [-0.39, 0.29) is 18.5 Å². The fraction of sp³-hybridized carbons (Fsp3) is 0.750. The topological polar surface area (TPSA) is 123 Å². The summed E-state index contributed by atoms with van der Waals surface area (Å²) < 4.78 is 7.50. The van der Waals surface area contributed by atoms with Crippen LogP contribution >= 0.6 is 0 Å². The molecule has 0 aliphatic carbocycles. The normalized spacial score (nSPS) is 38.9. The van der Waals surface area contributed by atoms with Crippen LogP contribution in [0.15, 0.2) is 4.99 Å². The maximum absolute atomic E-state index is 12.1. The Morgan fingerprint density at radius 1 is 1.67 bits per heavy atom. The van der Waals surface area contributed by atoms with Crippen LogP contribution in [0.2, 0.25) is 0 Å². The van der Waals surface area contributed by atoms with E-state index in [4.69, 9.17) is 10.5 Å². The highest BCUT2D eigenvalue weighted by molar-refractivity contribution is 6.01. The van der Waals surface area contributed by atoms with Gasteiger partial charge >= 0.3 is 0 Å². The van der Waals surface area contributed by atoms with Gasteiger partial charge in [0, 0.05) is 6.42 Å². The van der Waals surface area contributed by atoms with Gasteiger partial charge < -0.3 is 20.7 Å². The fourth-order valence-corrected chi connectivity index (χ4v) is 3.03. The van der Waals surface area contributed by atoms with Gasteiger partial charge in [0.25, 0.3) is 5.91 Å². The molecule has 1 amide bonds. The van der Waals surface area contributed by atoms with Crippen LogP contribution in [0, 0.1) is 0 Å². The lowest BCUT2D eigenvalue weighted by Gasteiger charge is -2.26. The summed E-state index contributed by atoms with van der Waals surface area (Å²) in [6.07, 6.45) is -0.136. The van der Waals surface area contributed by atoms with Crippen molar-refractivity contribution < 1.29 is 24.3 Å². The van der Waals surface area contributed by atoms with Crippen LogP contribution in [-0.4, -0.2) is 81.7 Å². The summed E-state index contributed by atoms with van der Waals surface area (Å²) in [5.74, 6) is -0.125. The molecule has 0 radical (unpaired) electrons. The predicted octanol–water partition coefficient (Wildman–Crippen LogP) is -3.03. The molecule has 0 aromatic heterocycles. The van der Waals surface area contributed by atoms with E-state index < -0.39 is 30.6 Å². The Bertz CT molecular complexity index is 508. The van der Waals surface area contributed by atoms with E-state index in [1.54, 1.807) is 11.2 Å². The molecule has 116 valence electrons. The number of hydrogen-bond acceptors (Lipinski definition) is 7. The van der Waals surface area contributed by atoms with E-state index in [9.17, 15) is 15.0 Å². The monoisotopic (exact) mass is 298 g/mol. The van der Waals surface area contributed by atoms with Gasteiger partial charge in [-0.2, -0.15) is 0 Å². The van der Waals surface area contributed by atoms with Crippen LogP contribution in [0.25, 0.3) is 0 Å². The first-order valence-electron chi connectivity index (χ1n) is 7.01. The maximum atomic E-state index is 12.1. The third-order valence-corrected chi connectivity index (χ3v) is 4.10. The summed E-state index contributed by atoms with van der Waals surface area (Å²) in [5.41, 5.74) is 5.64. The van der Waals surface area contributed by atoms with Crippen molar-refractivity contribution in [3.63, 3.8) is 0 Å². The van der Waals surface area contributed by atoms with Gasteiger partial charge in [0.2, 0.25) is 24.8 Å². The van der Waals surface area contributed by atoms with Crippen LogP contribution in [0.5, 0.6) is 0 Å². The van der Waals surface area contributed by atoms with Crippen LogP contribution in [0.4, 0.5) is 0 Å². The number of carbonyl (C=O) groups is 1. The second-order valence-electron chi connectivity index (χ2n) is 5.37. The lowest BCUT2D eigenvalue weighted by Crippen LogP contribution is -2.57. The quantitative estimate of drug-likeness (QED) is 0.411. The predicted molar refractivity (Wildman–Crippen MR) is 72.4 cm³/mol.